The number of imide groups is 1. The second-order valence-electron chi connectivity index (χ2n) is 7.78. The predicted octanol–water partition coefficient (Wildman–Crippen LogP) is 4.98. The molecular formula is C26H21ClN2O8S. The third-order valence-corrected chi connectivity index (χ3v) is 6.33. The number of halogens is 1. The van der Waals surface area contributed by atoms with Gasteiger partial charge in [0.15, 0.2) is 11.5 Å². The Balaban J connectivity index is 1.41. The van der Waals surface area contributed by atoms with Crippen LogP contribution in [0.3, 0.4) is 0 Å². The number of methoxy groups -OCH3 is 2. The molecule has 0 radical (unpaired) electrons. The third-order valence-electron chi connectivity index (χ3n) is 5.19. The second-order valence-corrected chi connectivity index (χ2v) is 9.21. The molecule has 196 valence electrons. The molecule has 0 aliphatic carbocycles. The molecule has 10 nitrogen and oxygen atoms in total. The topological polar surface area (TPSA) is 124 Å². The molecule has 0 saturated carbocycles. The molecule has 12 heteroatoms. The van der Waals surface area contributed by atoms with Crippen LogP contribution in [0.5, 0.6) is 11.5 Å². The first-order chi connectivity index (χ1) is 18.3. The van der Waals surface area contributed by atoms with Crippen molar-refractivity contribution in [2.75, 3.05) is 26.1 Å². The van der Waals surface area contributed by atoms with Crippen molar-refractivity contribution >= 4 is 58.1 Å². The average Bonchev–Trinajstić information content (AvgIpc) is 3.47. The number of esters is 1. The van der Waals surface area contributed by atoms with Gasteiger partial charge in [0.25, 0.3) is 11.1 Å². The Kier molecular flexibility index (Phi) is 8.39. The molecule has 1 fully saturated rings. The van der Waals surface area contributed by atoms with Crippen molar-refractivity contribution in [3.8, 4) is 11.5 Å². The monoisotopic (exact) mass is 556 g/mol. The van der Waals surface area contributed by atoms with Crippen molar-refractivity contribution in [3.05, 3.63) is 81.6 Å². The van der Waals surface area contributed by atoms with E-state index in [9.17, 15) is 19.2 Å². The highest BCUT2D eigenvalue weighted by molar-refractivity contribution is 8.18. The number of anilines is 1. The van der Waals surface area contributed by atoms with Crippen LogP contribution in [0.4, 0.5) is 10.5 Å². The number of nitrogens with one attached hydrogen (secondary N) is 1. The molecule has 0 bridgehead atoms. The molecule has 1 aliphatic heterocycles. The zero-order valence-electron chi connectivity index (χ0n) is 20.2. The number of hydrogen-bond donors (Lipinski definition) is 1. The Morgan fingerprint density at radius 3 is 2.63 bits per heavy atom. The van der Waals surface area contributed by atoms with Crippen molar-refractivity contribution in [3.63, 3.8) is 0 Å². The number of carbonyl (C=O) groups excluding carboxylic acids is 4. The highest BCUT2D eigenvalue weighted by Gasteiger charge is 2.36. The molecule has 2 heterocycles. The van der Waals surface area contributed by atoms with Gasteiger partial charge in [-0.1, -0.05) is 23.7 Å². The van der Waals surface area contributed by atoms with Crippen LogP contribution in [-0.2, 0) is 20.9 Å². The molecule has 1 aliphatic rings. The Bertz CT molecular complexity index is 1430. The van der Waals surface area contributed by atoms with Crippen LogP contribution in [0.25, 0.3) is 6.08 Å². The highest BCUT2D eigenvalue weighted by atomic mass is 35.5. The first kappa shape index (κ1) is 26.8. The van der Waals surface area contributed by atoms with Crippen molar-refractivity contribution in [2.45, 2.75) is 6.61 Å². The van der Waals surface area contributed by atoms with Crippen molar-refractivity contribution in [2.24, 2.45) is 0 Å². The summed E-state index contributed by atoms with van der Waals surface area (Å²) in [5.41, 5.74) is 1.03. The number of hydrogen-bond acceptors (Lipinski definition) is 9. The number of amides is 3. The van der Waals surface area contributed by atoms with Gasteiger partial charge in [-0.05, 0) is 65.9 Å². The number of ether oxygens (including phenoxy) is 3. The number of benzene rings is 2. The minimum absolute atomic E-state index is 0.0306. The SMILES string of the molecule is COC(=O)c1ccc(COc2ccc(/C=C3/SC(=O)N(CC(=O)Nc4cccc(Cl)c4)C3=O)cc2OC)o1. The maximum Gasteiger partial charge on any atom is 0.373 e. The van der Waals surface area contributed by atoms with Crippen LogP contribution in [0, 0.1) is 0 Å². The summed E-state index contributed by atoms with van der Waals surface area (Å²) in [6, 6.07) is 14.6. The molecule has 3 aromatic rings. The van der Waals surface area contributed by atoms with Gasteiger partial charge in [0.05, 0.1) is 19.1 Å². The normalized spacial score (nSPS) is 14.1. The molecule has 1 N–H and O–H groups in total. The van der Waals surface area contributed by atoms with E-state index in [0.717, 1.165) is 16.7 Å². The minimum Gasteiger partial charge on any atom is -0.493 e. The van der Waals surface area contributed by atoms with Crippen LogP contribution < -0.4 is 14.8 Å². The summed E-state index contributed by atoms with van der Waals surface area (Å²) in [5.74, 6) is -0.475. The zero-order valence-corrected chi connectivity index (χ0v) is 21.8. The second kappa shape index (κ2) is 11.9. The highest BCUT2D eigenvalue weighted by Crippen LogP contribution is 2.35. The number of furan rings is 1. The quantitative estimate of drug-likeness (QED) is 0.287. The summed E-state index contributed by atoms with van der Waals surface area (Å²) < 4.78 is 21.1. The van der Waals surface area contributed by atoms with E-state index >= 15 is 0 Å². The van der Waals surface area contributed by atoms with Crippen LogP contribution >= 0.6 is 23.4 Å². The first-order valence-electron chi connectivity index (χ1n) is 11.1. The van der Waals surface area contributed by atoms with Gasteiger partial charge < -0.3 is 23.9 Å². The van der Waals surface area contributed by atoms with E-state index in [0.29, 0.717) is 33.5 Å². The van der Waals surface area contributed by atoms with Crippen LogP contribution in [-0.4, -0.2) is 48.7 Å². The van der Waals surface area contributed by atoms with Gasteiger partial charge in [0.1, 0.15) is 18.9 Å². The van der Waals surface area contributed by atoms with Crippen LogP contribution in [0.1, 0.15) is 21.9 Å². The fourth-order valence-electron chi connectivity index (χ4n) is 3.41. The lowest BCUT2D eigenvalue weighted by Gasteiger charge is -2.12. The van der Waals surface area contributed by atoms with Crippen molar-refractivity contribution in [1.29, 1.82) is 0 Å². The summed E-state index contributed by atoms with van der Waals surface area (Å²) >= 11 is 6.65. The lowest BCUT2D eigenvalue weighted by molar-refractivity contribution is -0.127. The fraction of sp³-hybridized carbons (Fsp3) is 0.154. The summed E-state index contributed by atoms with van der Waals surface area (Å²) in [6.45, 7) is -0.405. The van der Waals surface area contributed by atoms with Gasteiger partial charge in [-0.25, -0.2) is 4.79 Å². The van der Waals surface area contributed by atoms with E-state index in [4.69, 9.17) is 25.5 Å². The summed E-state index contributed by atoms with van der Waals surface area (Å²) in [4.78, 5) is 50.2. The molecule has 38 heavy (non-hydrogen) atoms. The van der Waals surface area contributed by atoms with Crippen LogP contribution in [0.2, 0.25) is 5.02 Å². The van der Waals surface area contributed by atoms with Gasteiger partial charge in [-0.3, -0.25) is 19.3 Å². The van der Waals surface area contributed by atoms with Gasteiger partial charge in [0.2, 0.25) is 11.7 Å². The van der Waals surface area contributed by atoms with Gasteiger partial charge in [0, 0.05) is 10.7 Å². The molecule has 1 aromatic heterocycles. The summed E-state index contributed by atoms with van der Waals surface area (Å²) in [5, 5.41) is 2.50. The molecule has 0 unspecified atom stereocenters. The number of rotatable bonds is 9. The molecule has 2 aromatic carbocycles. The fourth-order valence-corrected chi connectivity index (χ4v) is 4.43. The smallest absolute Gasteiger partial charge is 0.373 e. The third kappa shape index (κ3) is 6.36. The molecular weight excluding hydrogens is 536 g/mol. The van der Waals surface area contributed by atoms with E-state index in [1.807, 2.05) is 0 Å². The Morgan fingerprint density at radius 1 is 1.08 bits per heavy atom. The first-order valence-corrected chi connectivity index (χ1v) is 12.3. The number of carbonyl (C=O) groups is 4. The van der Waals surface area contributed by atoms with E-state index in [2.05, 4.69) is 10.1 Å². The van der Waals surface area contributed by atoms with Crippen molar-refractivity contribution < 1.29 is 37.8 Å². The maximum absolute atomic E-state index is 12.8. The Morgan fingerprint density at radius 2 is 1.89 bits per heavy atom. The van der Waals surface area contributed by atoms with E-state index in [1.54, 1.807) is 48.5 Å². The Hall–Kier alpha value is -4.22. The van der Waals surface area contributed by atoms with Gasteiger partial charge in [-0.15, -0.1) is 0 Å². The van der Waals surface area contributed by atoms with Crippen molar-refractivity contribution in [1.82, 2.24) is 4.90 Å². The number of nitrogens with zero attached hydrogens (tertiary/aromatic N) is 1. The van der Waals surface area contributed by atoms with E-state index in [-0.39, 0.29) is 17.3 Å². The molecule has 3 amide bonds. The molecule has 1 saturated heterocycles. The van der Waals surface area contributed by atoms with E-state index in [1.165, 1.54) is 26.4 Å². The standard InChI is InChI=1S/C26H21ClN2O8S/c1-34-21-10-15(6-8-19(21)36-14-18-7-9-20(37-18)25(32)35-2)11-22-24(31)29(26(33)38-22)13-23(30)28-17-5-3-4-16(27)12-17/h3-12H,13-14H2,1-2H3,(H,28,30)/b22-11+. The van der Waals surface area contributed by atoms with E-state index < -0.39 is 29.6 Å². The molecule has 0 spiro atoms. The Labute approximate surface area is 226 Å². The predicted molar refractivity (Wildman–Crippen MR) is 140 cm³/mol. The lowest BCUT2D eigenvalue weighted by atomic mass is 10.2. The molecule has 0 atom stereocenters. The number of thioether (sulfide) groups is 1. The summed E-state index contributed by atoms with van der Waals surface area (Å²) in [7, 11) is 2.72. The van der Waals surface area contributed by atoms with Crippen LogP contribution in [0.15, 0.2) is 63.9 Å². The summed E-state index contributed by atoms with van der Waals surface area (Å²) in [6.07, 6.45) is 1.53. The molecule has 4 rings (SSSR count). The van der Waals surface area contributed by atoms with Gasteiger partial charge >= 0.3 is 5.97 Å². The lowest BCUT2D eigenvalue weighted by Crippen LogP contribution is -2.36. The largest absolute Gasteiger partial charge is 0.493 e. The average molecular weight is 557 g/mol. The maximum atomic E-state index is 12.8. The minimum atomic E-state index is -0.593. The zero-order chi connectivity index (χ0) is 27.2. The van der Waals surface area contributed by atoms with Gasteiger partial charge in [-0.2, -0.15) is 0 Å².